The largest absolute Gasteiger partial charge is 0.573 e. The summed E-state index contributed by atoms with van der Waals surface area (Å²) in [5.74, 6) is 0.148. The number of nitrogens with two attached hydrogens (primary N) is 1. The number of hydrogen-bond acceptors (Lipinski definition) is 7. The molecule has 4 amide bonds. The van der Waals surface area contributed by atoms with Crippen molar-refractivity contribution < 1.29 is 37.4 Å². The third kappa shape index (κ3) is 8.37. The SMILES string of the molecule is CCSCC[C@@H](N)C(O)C(=O)NCCCC[C@H]1C(=O)NC(=O)N1c1ccc(OC(F)(F)F)cc1. The molecule has 0 saturated carbocycles. The number of halogens is 3. The Morgan fingerprint density at radius 2 is 1.97 bits per heavy atom. The van der Waals surface area contributed by atoms with Crippen LogP contribution >= 0.6 is 11.8 Å². The topological polar surface area (TPSA) is 134 Å². The molecule has 1 aliphatic heterocycles. The van der Waals surface area contributed by atoms with Gasteiger partial charge < -0.3 is 20.9 Å². The van der Waals surface area contributed by atoms with Gasteiger partial charge in [-0.15, -0.1) is 13.2 Å². The number of unbranched alkanes of at least 4 members (excludes halogenated alkanes) is 1. The number of amides is 4. The molecule has 34 heavy (non-hydrogen) atoms. The van der Waals surface area contributed by atoms with Crippen LogP contribution in [0.15, 0.2) is 24.3 Å². The molecular weight excluding hydrogens is 477 g/mol. The van der Waals surface area contributed by atoms with Gasteiger partial charge >= 0.3 is 12.4 Å². The van der Waals surface area contributed by atoms with Gasteiger partial charge in [-0.05, 0) is 61.5 Å². The van der Waals surface area contributed by atoms with E-state index in [0.29, 0.717) is 19.3 Å². The van der Waals surface area contributed by atoms with Gasteiger partial charge in [0.25, 0.3) is 5.91 Å². The number of benzene rings is 1. The molecule has 1 aromatic carbocycles. The normalized spacial score (nSPS) is 17.9. The van der Waals surface area contributed by atoms with Gasteiger partial charge in [-0.3, -0.25) is 19.8 Å². The second-order valence-corrected chi connectivity index (χ2v) is 9.00. The van der Waals surface area contributed by atoms with E-state index >= 15 is 0 Å². The van der Waals surface area contributed by atoms with Gasteiger partial charge in [0, 0.05) is 18.3 Å². The van der Waals surface area contributed by atoms with Crippen LogP contribution in [-0.4, -0.2) is 65.6 Å². The second kappa shape index (κ2) is 12.8. The lowest BCUT2D eigenvalue weighted by Gasteiger charge is -2.22. The van der Waals surface area contributed by atoms with Crippen LogP contribution in [-0.2, 0) is 9.59 Å². The maximum Gasteiger partial charge on any atom is 0.573 e. The summed E-state index contributed by atoms with van der Waals surface area (Å²) in [6.45, 7) is 2.25. The first kappa shape index (κ1) is 27.7. The van der Waals surface area contributed by atoms with Crippen molar-refractivity contribution in [2.45, 2.75) is 57.2 Å². The Kier molecular flexibility index (Phi) is 10.5. The van der Waals surface area contributed by atoms with Crippen molar-refractivity contribution in [2.75, 3.05) is 23.0 Å². The molecule has 5 N–H and O–H groups in total. The van der Waals surface area contributed by atoms with Gasteiger partial charge in [-0.1, -0.05) is 6.92 Å². The van der Waals surface area contributed by atoms with Crippen molar-refractivity contribution in [3.05, 3.63) is 24.3 Å². The molecule has 2 rings (SSSR count). The third-order valence-electron chi connectivity index (χ3n) is 5.09. The number of rotatable bonds is 13. The van der Waals surface area contributed by atoms with E-state index in [1.807, 2.05) is 6.92 Å². The van der Waals surface area contributed by atoms with E-state index in [-0.39, 0.29) is 18.7 Å². The monoisotopic (exact) mass is 506 g/mol. The lowest BCUT2D eigenvalue weighted by atomic mass is 10.1. The van der Waals surface area contributed by atoms with Crippen LogP contribution in [0.1, 0.15) is 32.6 Å². The van der Waals surface area contributed by atoms with E-state index in [4.69, 9.17) is 5.73 Å². The van der Waals surface area contributed by atoms with E-state index in [1.54, 1.807) is 11.8 Å². The fourth-order valence-electron chi connectivity index (χ4n) is 3.37. The zero-order chi connectivity index (χ0) is 25.3. The van der Waals surface area contributed by atoms with Gasteiger partial charge in [0.2, 0.25) is 5.91 Å². The third-order valence-corrected chi connectivity index (χ3v) is 6.02. The maximum absolute atomic E-state index is 12.3. The van der Waals surface area contributed by atoms with Crippen molar-refractivity contribution in [1.82, 2.24) is 10.6 Å². The number of aliphatic hydroxyl groups excluding tert-OH is 1. The summed E-state index contributed by atoms with van der Waals surface area (Å²) in [7, 11) is 0. The predicted octanol–water partition coefficient (Wildman–Crippen LogP) is 2.13. The number of nitrogens with zero attached hydrogens (tertiary/aromatic N) is 1. The van der Waals surface area contributed by atoms with Crippen LogP contribution in [0.2, 0.25) is 0 Å². The molecule has 190 valence electrons. The zero-order valence-corrected chi connectivity index (χ0v) is 19.5. The van der Waals surface area contributed by atoms with E-state index in [1.165, 1.54) is 17.0 Å². The molecule has 3 atom stereocenters. The van der Waals surface area contributed by atoms with Crippen LogP contribution in [0.25, 0.3) is 0 Å². The lowest BCUT2D eigenvalue weighted by Crippen LogP contribution is -2.46. The van der Waals surface area contributed by atoms with Crippen molar-refractivity contribution >= 4 is 35.3 Å². The van der Waals surface area contributed by atoms with Crippen molar-refractivity contribution in [3.8, 4) is 5.75 Å². The first-order chi connectivity index (χ1) is 16.0. The summed E-state index contributed by atoms with van der Waals surface area (Å²) in [5, 5.41) is 14.8. The fourth-order valence-corrected chi connectivity index (χ4v) is 4.10. The van der Waals surface area contributed by atoms with Crippen LogP contribution in [0, 0.1) is 0 Å². The molecule has 1 saturated heterocycles. The lowest BCUT2D eigenvalue weighted by molar-refractivity contribution is -0.274. The van der Waals surface area contributed by atoms with Gasteiger partial charge in [0.05, 0.1) is 0 Å². The Morgan fingerprint density at radius 1 is 1.29 bits per heavy atom. The standard InChI is InChI=1S/C21H29F3N4O5S/c1-2-34-12-10-15(25)17(29)19(31)26-11-4-3-5-16-18(30)27-20(32)28(16)13-6-8-14(9-7-13)33-21(22,23)24/h6-9,15-17,29H,2-5,10-12,25H2,1H3,(H,26,31)(H,27,30,32)/t15-,16+,17?/m1/s1. The molecule has 1 heterocycles. The summed E-state index contributed by atoms with van der Waals surface area (Å²) in [5.41, 5.74) is 6.09. The quantitative estimate of drug-likeness (QED) is 0.238. The Hall–Kier alpha value is -2.51. The average Bonchev–Trinajstić information content (AvgIpc) is 3.05. The van der Waals surface area contributed by atoms with E-state index in [2.05, 4.69) is 15.4 Å². The fraction of sp³-hybridized carbons (Fsp3) is 0.571. The number of alkyl halides is 3. The molecular formula is C21H29F3N4O5S. The molecule has 0 bridgehead atoms. The maximum atomic E-state index is 12.3. The van der Waals surface area contributed by atoms with Crippen LogP contribution < -0.4 is 26.0 Å². The number of aliphatic hydroxyl groups is 1. The number of hydrogen-bond donors (Lipinski definition) is 4. The predicted molar refractivity (Wildman–Crippen MR) is 121 cm³/mol. The highest BCUT2D eigenvalue weighted by atomic mass is 32.2. The summed E-state index contributed by atoms with van der Waals surface area (Å²) in [6.07, 6.45) is -4.43. The van der Waals surface area contributed by atoms with Gasteiger partial charge in [0.15, 0.2) is 0 Å². The van der Waals surface area contributed by atoms with E-state index in [9.17, 15) is 32.7 Å². The second-order valence-electron chi connectivity index (χ2n) is 7.60. The number of carbonyl (C=O) groups is 3. The number of ether oxygens (including phenoxy) is 1. The molecule has 13 heteroatoms. The van der Waals surface area contributed by atoms with Gasteiger partial charge in [-0.2, -0.15) is 11.8 Å². The van der Waals surface area contributed by atoms with E-state index < -0.39 is 48.1 Å². The molecule has 0 spiro atoms. The molecule has 0 radical (unpaired) electrons. The highest BCUT2D eigenvalue weighted by molar-refractivity contribution is 7.99. The first-order valence-corrected chi connectivity index (χ1v) is 12.0. The molecule has 0 aromatic heterocycles. The van der Waals surface area contributed by atoms with Crippen molar-refractivity contribution in [3.63, 3.8) is 0 Å². The van der Waals surface area contributed by atoms with Gasteiger partial charge in [0.1, 0.15) is 17.9 Å². The first-order valence-electron chi connectivity index (χ1n) is 10.8. The summed E-state index contributed by atoms with van der Waals surface area (Å²) in [6, 6.07) is 2.46. The highest BCUT2D eigenvalue weighted by Crippen LogP contribution is 2.28. The molecule has 1 unspecified atom stereocenters. The average molecular weight is 507 g/mol. The number of nitrogens with one attached hydrogen (secondary N) is 2. The van der Waals surface area contributed by atoms with Crippen molar-refractivity contribution in [2.24, 2.45) is 5.73 Å². The minimum atomic E-state index is -4.84. The minimum Gasteiger partial charge on any atom is -0.406 e. The molecule has 0 aliphatic carbocycles. The van der Waals surface area contributed by atoms with Crippen LogP contribution in [0.4, 0.5) is 23.7 Å². The van der Waals surface area contributed by atoms with Crippen LogP contribution in [0.5, 0.6) is 5.75 Å². The molecule has 1 aromatic rings. The highest BCUT2D eigenvalue weighted by Gasteiger charge is 2.39. The summed E-state index contributed by atoms with van der Waals surface area (Å²) >= 11 is 1.67. The number of imide groups is 1. The molecule has 1 aliphatic rings. The van der Waals surface area contributed by atoms with Gasteiger partial charge in [-0.25, -0.2) is 4.79 Å². The van der Waals surface area contributed by atoms with Crippen LogP contribution in [0.3, 0.4) is 0 Å². The molecule has 9 nitrogen and oxygen atoms in total. The number of carbonyl (C=O) groups excluding carboxylic acids is 3. The molecule has 1 fully saturated rings. The Morgan fingerprint density at radius 3 is 2.59 bits per heavy atom. The minimum absolute atomic E-state index is 0.245. The summed E-state index contributed by atoms with van der Waals surface area (Å²) in [4.78, 5) is 37.6. The number of thioether (sulfide) groups is 1. The number of anilines is 1. The van der Waals surface area contributed by atoms with Crippen molar-refractivity contribution in [1.29, 1.82) is 0 Å². The summed E-state index contributed by atoms with van der Waals surface area (Å²) < 4.78 is 40.8. The smallest absolute Gasteiger partial charge is 0.406 e. The Labute approximate surface area is 199 Å². The van der Waals surface area contributed by atoms with E-state index in [0.717, 1.165) is 23.6 Å². The number of urea groups is 1. The Bertz CT molecular complexity index is 841. The zero-order valence-electron chi connectivity index (χ0n) is 18.6. The Balaban J connectivity index is 1.82.